The maximum atomic E-state index is 11.6. The molecule has 0 heterocycles. The van der Waals surface area contributed by atoms with Crippen LogP contribution in [0.5, 0.6) is 0 Å². The molecule has 0 bridgehead atoms. The maximum absolute atomic E-state index is 11.6. The van der Waals surface area contributed by atoms with Crippen LogP contribution in [0.3, 0.4) is 0 Å². The molecule has 148 valence electrons. The van der Waals surface area contributed by atoms with Crippen molar-refractivity contribution in [1.82, 2.24) is 0 Å². The van der Waals surface area contributed by atoms with Gasteiger partial charge in [0.25, 0.3) is 0 Å². The number of hydrogen-bond donors (Lipinski definition) is 1. The molecule has 4 aromatic carbocycles. The molecule has 0 radical (unpaired) electrons. The third-order valence-electron chi connectivity index (χ3n) is 5.08. The van der Waals surface area contributed by atoms with Gasteiger partial charge in [-0.15, -0.1) is 0 Å². The van der Waals surface area contributed by atoms with Crippen LogP contribution in [-0.2, 0) is 5.60 Å². The molecular formula is C30H22O. The van der Waals surface area contributed by atoms with Crippen LogP contribution in [0.25, 0.3) is 0 Å². The summed E-state index contributed by atoms with van der Waals surface area (Å²) in [6, 6.07) is 35.0. The smallest absolute Gasteiger partial charge is 0.177 e. The van der Waals surface area contributed by atoms with E-state index in [0.29, 0.717) is 0 Å². The van der Waals surface area contributed by atoms with Gasteiger partial charge < -0.3 is 5.11 Å². The molecular weight excluding hydrogens is 376 g/mol. The SMILES string of the molecule is Cc1ccc(C#Cc2ccccc2C#CC(O)(c2ccccc2)c2ccccc2)cc1. The van der Waals surface area contributed by atoms with Crippen molar-refractivity contribution >= 4 is 0 Å². The van der Waals surface area contributed by atoms with Crippen molar-refractivity contribution in [2.24, 2.45) is 0 Å². The van der Waals surface area contributed by atoms with Crippen LogP contribution in [-0.4, -0.2) is 5.11 Å². The largest absolute Gasteiger partial charge is 0.369 e. The molecule has 4 rings (SSSR count). The summed E-state index contributed by atoms with van der Waals surface area (Å²) >= 11 is 0. The van der Waals surface area contributed by atoms with Gasteiger partial charge in [-0.1, -0.05) is 114 Å². The van der Waals surface area contributed by atoms with Gasteiger partial charge in [-0.3, -0.25) is 0 Å². The topological polar surface area (TPSA) is 20.2 Å². The lowest BCUT2D eigenvalue weighted by molar-refractivity contribution is 0.145. The average molecular weight is 399 g/mol. The van der Waals surface area contributed by atoms with Crippen molar-refractivity contribution in [3.63, 3.8) is 0 Å². The standard InChI is InChI=1S/C30H22O/c1-24-16-18-25(19-17-24)20-21-26-10-8-9-11-27(26)22-23-30(31,28-12-4-2-5-13-28)29-14-6-3-7-15-29/h2-19,31H,1H3. The summed E-state index contributed by atoms with van der Waals surface area (Å²) in [5.74, 6) is 12.8. The zero-order chi connectivity index (χ0) is 21.5. The fraction of sp³-hybridized carbons (Fsp3) is 0.0667. The van der Waals surface area contributed by atoms with E-state index in [1.54, 1.807) is 0 Å². The zero-order valence-corrected chi connectivity index (χ0v) is 17.3. The molecule has 4 aromatic rings. The number of benzene rings is 4. The van der Waals surface area contributed by atoms with Gasteiger partial charge in [0, 0.05) is 27.8 Å². The van der Waals surface area contributed by atoms with Gasteiger partial charge in [-0.25, -0.2) is 0 Å². The van der Waals surface area contributed by atoms with E-state index >= 15 is 0 Å². The average Bonchev–Trinajstić information content (AvgIpc) is 2.84. The van der Waals surface area contributed by atoms with Gasteiger partial charge in [0.05, 0.1) is 0 Å². The van der Waals surface area contributed by atoms with E-state index in [0.717, 1.165) is 27.8 Å². The number of rotatable bonds is 2. The summed E-state index contributed by atoms with van der Waals surface area (Å²) < 4.78 is 0. The molecule has 0 aliphatic carbocycles. The minimum absolute atomic E-state index is 0.733. The maximum Gasteiger partial charge on any atom is 0.177 e. The quantitative estimate of drug-likeness (QED) is 0.431. The van der Waals surface area contributed by atoms with E-state index in [4.69, 9.17) is 0 Å². The van der Waals surface area contributed by atoms with E-state index in [1.165, 1.54) is 5.56 Å². The van der Waals surface area contributed by atoms with Crippen molar-refractivity contribution in [1.29, 1.82) is 0 Å². The summed E-state index contributed by atoms with van der Waals surface area (Å²) in [5.41, 5.74) is 3.83. The highest BCUT2D eigenvalue weighted by molar-refractivity contribution is 5.55. The van der Waals surface area contributed by atoms with Crippen molar-refractivity contribution in [2.75, 3.05) is 0 Å². The predicted octanol–water partition coefficient (Wildman–Crippen LogP) is 5.68. The van der Waals surface area contributed by atoms with Gasteiger partial charge in [0.1, 0.15) is 0 Å². The minimum atomic E-state index is -1.42. The first-order chi connectivity index (χ1) is 15.1. The van der Waals surface area contributed by atoms with Crippen LogP contribution in [0.4, 0.5) is 0 Å². The van der Waals surface area contributed by atoms with E-state index in [1.807, 2.05) is 97.1 Å². The normalized spacial score (nSPS) is 10.4. The monoisotopic (exact) mass is 398 g/mol. The molecule has 0 unspecified atom stereocenters. The number of hydrogen-bond acceptors (Lipinski definition) is 1. The van der Waals surface area contributed by atoms with Crippen molar-refractivity contribution in [3.05, 3.63) is 143 Å². The lowest BCUT2D eigenvalue weighted by Crippen LogP contribution is -2.25. The van der Waals surface area contributed by atoms with Crippen LogP contribution in [0.1, 0.15) is 33.4 Å². The van der Waals surface area contributed by atoms with Gasteiger partial charge in [0.15, 0.2) is 5.60 Å². The molecule has 0 saturated carbocycles. The third-order valence-corrected chi connectivity index (χ3v) is 5.08. The highest BCUT2D eigenvalue weighted by Gasteiger charge is 2.29. The van der Waals surface area contributed by atoms with Gasteiger partial charge in [0.2, 0.25) is 0 Å². The summed E-state index contributed by atoms with van der Waals surface area (Å²) in [5, 5.41) is 11.6. The molecule has 0 aliphatic heterocycles. The lowest BCUT2D eigenvalue weighted by atomic mass is 9.86. The van der Waals surface area contributed by atoms with E-state index < -0.39 is 5.60 Å². The van der Waals surface area contributed by atoms with Crippen molar-refractivity contribution in [2.45, 2.75) is 12.5 Å². The van der Waals surface area contributed by atoms with E-state index in [9.17, 15) is 5.11 Å². The Kier molecular flexibility index (Phi) is 6.00. The highest BCUT2D eigenvalue weighted by Crippen LogP contribution is 2.29. The molecule has 0 fully saturated rings. The Hall–Kier alpha value is -4.04. The molecule has 0 saturated heterocycles. The Morgan fingerprint density at radius 1 is 0.548 bits per heavy atom. The molecule has 0 spiro atoms. The summed E-state index contributed by atoms with van der Waals surface area (Å²) in [4.78, 5) is 0. The second kappa shape index (κ2) is 9.19. The molecule has 1 nitrogen and oxygen atoms in total. The first-order valence-corrected chi connectivity index (χ1v) is 10.2. The minimum Gasteiger partial charge on any atom is -0.369 e. The third kappa shape index (κ3) is 4.76. The van der Waals surface area contributed by atoms with Crippen LogP contribution in [0.15, 0.2) is 109 Å². The first kappa shape index (κ1) is 20.2. The predicted molar refractivity (Wildman–Crippen MR) is 126 cm³/mol. The van der Waals surface area contributed by atoms with Gasteiger partial charge >= 0.3 is 0 Å². The lowest BCUT2D eigenvalue weighted by Gasteiger charge is -2.23. The molecule has 0 aromatic heterocycles. The van der Waals surface area contributed by atoms with Crippen LogP contribution in [0, 0.1) is 30.6 Å². The van der Waals surface area contributed by atoms with Gasteiger partial charge in [-0.2, -0.15) is 0 Å². The summed E-state index contributed by atoms with van der Waals surface area (Å²) in [6.07, 6.45) is 0. The van der Waals surface area contributed by atoms with Crippen molar-refractivity contribution < 1.29 is 5.11 Å². The summed E-state index contributed by atoms with van der Waals surface area (Å²) in [6.45, 7) is 2.06. The fourth-order valence-corrected chi connectivity index (χ4v) is 3.31. The van der Waals surface area contributed by atoms with Crippen LogP contribution >= 0.6 is 0 Å². The van der Waals surface area contributed by atoms with Gasteiger partial charge in [-0.05, 0) is 31.2 Å². The van der Waals surface area contributed by atoms with Crippen LogP contribution < -0.4 is 0 Å². The number of aryl methyl sites for hydroxylation is 1. The Labute approximate surface area is 184 Å². The Morgan fingerprint density at radius 3 is 1.58 bits per heavy atom. The van der Waals surface area contributed by atoms with E-state index in [2.05, 4.69) is 42.7 Å². The second-order valence-corrected chi connectivity index (χ2v) is 7.35. The summed E-state index contributed by atoms with van der Waals surface area (Å²) in [7, 11) is 0. The zero-order valence-electron chi connectivity index (χ0n) is 17.3. The second-order valence-electron chi connectivity index (χ2n) is 7.35. The Bertz CT molecular complexity index is 1240. The fourth-order valence-electron chi connectivity index (χ4n) is 3.31. The molecule has 0 atom stereocenters. The first-order valence-electron chi connectivity index (χ1n) is 10.2. The van der Waals surface area contributed by atoms with Crippen LogP contribution in [0.2, 0.25) is 0 Å². The van der Waals surface area contributed by atoms with Crippen molar-refractivity contribution in [3.8, 4) is 23.7 Å². The molecule has 1 heteroatoms. The molecule has 0 aliphatic rings. The van der Waals surface area contributed by atoms with E-state index in [-0.39, 0.29) is 0 Å². The Morgan fingerprint density at radius 2 is 1.03 bits per heavy atom. The Balaban J connectivity index is 1.76. The number of aliphatic hydroxyl groups is 1. The molecule has 1 N–H and O–H groups in total. The highest BCUT2D eigenvalue weighted by atomic mass is 16.3. The molecule has 0 amide bonds. The molecule has 31 heavy (non-hydrogen) atoms.